The molecule has 0 atom stereocenters. The minimum Gasteiger partial charge on any atom is -0.494 e. The Morgan fingerprint density at radius 2 is 1.63 bits per heavy atom. The number of hydrogen-bond acceptors (Lipinski definition) is 5. The third-order valence-corrected chi connectivity index (χ3v) is 4.72. The van der Waals surface area contributed by atoms with Crippen molar-refractivity contribution in [2.75, 3.05) is 18.5 Å². The van der Waals surface area contributed by atoms with Crippen LogP contribution in [0.25, 0.3) is 0 Å². The first kappa shape index (κ1) is 23.5. The number of hydrogen-bond donors (Lipinski definition) is 1. The molecule has 0 aliphatic rings. The van der Waals surface area contributed by atoms with Gasteiger partial charge in [-0.15, -0.1) is 0 Å². The van der Waals surface area contributed by atoms with Gasteiger partial charge in [0, 0.05) is 12.1 Å². The predicted molar refractivity (Wildman–Crippen MR) is 118 cm³/mol. The van der Waals surface area contributed by atoms with Crippen LogP contribution >= 0.6 is 11.6 Å². The summed E-state index contributed by atoms with van der Waals surface area (Å²) >= 11 is 5.97. The fourth-order valence-corrected chi connectivity index (χ4v) is 2.93. The molecule has 0 bridgehead atoms. The molecule has 30 heavy (non-hydrogen) atoms. The van der Waals surface area contributed by atoms with Crippen LogP contribution in [0.2, 0.25) is 5.02 Å². The van der Waals surface area contributed by atoms with Crippen LogP contribution in [0.1, 0.15) is 45.4 Å². The van der Waals surface area contributed by atoms with E-state index in [0.717, 1.165) is 12.2 Å². The third kappa shape index (κ3) is 8.29. The monoisotopic (exact) mass is 434 g/mol. The van der Waals surface area contributed by atoms with Crippen molar-refractivity contribution in [1.82, 2.24) is 0 Å². The van der Waals surface area contributed by atoms with Crippen molar-refractivity contribution < 1.29 is 19.2 Å². The molecule has 0 unspecified atom stereocenters. The van der Waals surface area contributed by atoms with Crippen LogP contribution in [0.3, 0.4) is 0 Å². The molecular formula is C22H27ClN2O5. The molecule has 1 amide bonds. The molecule has 0 aromatic heterocycles. The lowest BCUT2D eigenvalue weighted by Crippen LogP contribution is -2.20. The molecule has 0 spiro atoms. The van der Waals surface area contributed by atoms with Gasteiger partial charge in [0.1, 0.15) is 11.5 Å². The maximum absolute atomic E-state index is 12.1. The van der Waals surface area contributed by atoms with Gasteiger partial charge < -0.3 is 14.8 Å². The lowest BCUT2D eigenvalue weighted by Gasteiger charge is -2.10. The van der Waals surface area contributed by atoms with Crippen molar-refractivity contribution in [3.05, 3.63) is 57.6 Å². The molecule has 2 aromatic carbocycles. The van der Waals surface area contributed by atoms with Crippen molar-refractivity contribution >= 4 is 28.9 Å². The van der Waals surface area contributed by atoms with E-state index < -0.39 is 10.8 Å². The quantitative estimate of drug-likeness (QED) is 0.237. The van der Waals surface area contributed by atoms with Gasteiger partial charge in [0.25, 0.3) is 11.6 Å². The number of carbonyl (C=O) groups is 1. The van der Waals surface area contributed by atoms with Crippen LogP contribution in [0.5, 0.6) is 11.5 Å². The highest BCUT2D eigenvalue weighted by atomic mass is 35.5. The molecule has 0 radical (unpaired) electrons. The summed E-state index contributed by atoms with van der Waals surface area (Å²) in [5, 5.41) is 13.6. The van der Waals surface area contributed by atoms with Crippen LogP contribution in [-0.2, 0) is 4.79 Å². The molecule has 2 rings (SSSR count). The molecule has 0 aliphatic carbocycles. The SMILES string of the molecule is CCCCCCCCOc1ccc(OCC(=O)Nc2cc([N+](=O)[O-])ccc2Cl)cc1. The molecule has 0 fully saturated rings. The van der Waals surface area contributed by atoms with E-state index >= 15 is 0 Å². The highest BCUT2D eigenvalue weighted by Gasteiger charge is 2.12. The third-order valence-electron chi connectivity index (χ3n) is 4.40. The Labute approximate surface area is 181 Å². The topological polar surface area (TPSA) is 90.7 Å². The molecule has 1 N–H and O–H groups in total. The lowest BCUT2D eigenvalue weighted by atomic mass is 10.1. The number of unbranched alkanes of at least 4 members (excludes halogenated alkanes) is 5. The standard InChI is InChI=1S/C22H27ClN2O5/c1-2-3-4-5-6-7-14-29-18-9-11-19(12-10-18)30-16-22(26)24-21-15-17(25(27)28)8-13-20(21)23/h8-13,15H,2-7,14,16H2,1H3,(H,24,26). The molecule has 2 aromatic rings. The Balaban J connectivity index is 1.72. The zero-order chi connectivity index (χ0) is 21.8. The maximum atomic E-state index is 12.1. The Bertz CT molecular complexity index is 827. The van der Waals surface area contributed by atoms with Crippen LogP contribution in [-0.4, -0.2) is 24.0 Å². The molecule has 0 saturated heterocycles. The second kappa shape index (κ2) is 12.7. The molecule has 0 aliphatic heterocycles. The summed E-state index contributed by atoms with van der Waals surface area (Å²) in [6, 6.07) is 10.9. The van der Waals surface area contributed by atoms with Crippen LogP contribution in [0.15, 0.2) is 42.5 Å². The summed E-state index contributed by atoms with van der Waals surface area (Å²) in [6.45, 7) is 2.63. The number of benzene rings is 2. The zero-order valence-corrected chi connectivity index (χ0v) is 17.8. The largest absolute Gasteiger partial charge is 0.494 e. The number of nitrogens with zero attached hydrogens (tertiary/aromatic N) is 1. The van der Waals surface area contributed by atoms with Gasteiger partial charge in [-0.2, -0.15) is 0 Å². The Morgan fingerprint density at radius 3 is 2.30 bits per heavy atom. The smallest absolute Gasteiger partial charge is 0.271 e. The summed E-state index contributed by atoms with van der Waals surface area (Å²) < 4.78 is 11.2. The molecular weight excluding hydrogens is 408 g/mol. The normalized spacial score (nSPS) is 10.5. The Kier molecular flexibility index (Phi) is 9.94. The summed E-state index contributed by atoms with van der Waals surface area (Å²) in [5.41, 5.74) is 0.00470. The average molecular weight is 435 g/mol. The fraction of sp³-hybridized carbons (Fsp3) is 0.409. The van der Waals surface area contributed by atoms with Gasteiger partial charge in [-0.25, -0.2) is 0 Å². The molecule has 8 heteroatoms. The summed E-state index contributed by atoms with van der Waals surface area (Å²) in [7, 11) is 0. The summed E-state index contributed by atoms with van der Waals surface area (Å²) in [6.07, 6.45) is 7.26. The first-order valence-electron chi connectivity index (χ1n) is 10.1. The molecule has 7 nitrogen and oxygen atoms in total. The summed E-state index contributed by atoms with van der Waals surface area (Å²) in [4.78, 5) is 22.3. The molecule has 0 saturated carbocycles. The van der Waals surface area contributed by atoms with Crippen LogP contribution in [0.4, 0.5) is 11.4 Å². The van der Waals surface area contributed by atoms with E-state index in [9.17, 15) is 14.9 Å². The van der Waals surface area contributed by atoms with Gasteiger partial charge in [0.15, 0.2) is 6.61 Å². The van der Waals surface area contributed by atoms with E-state index in [-0.39, 0.29) is 23.0 Å². The van der Waals surface area contributed by atoms with Gasteiger partial charge >= 0.3 is 0 Å². The van der Waals surface area contributed by atoms with Crippen LogP contribution in [0, 0.1) is 10.1 Å². The highest BCUT2D eigenvalue weighted by Crippen LogP contribution is 2.26. The average Bonchev–Trinajstić information content (AvgIpc) is 2.74. The number of amides is 1. The number of nitro groups is 1. The number of nitro benzene ring substituents is 1. The Hall–Kier alpha value is -2.80. The number of carbonyl (C=O) groups excluding carboxylic acids is 1. The fourth-order valence-electron chi connectivity index (χ4n) is 2.76. The van der Waals surface area contributed by atoms with E-state index in [4.69, 9.17) is 21.1 Å². The second-order valence-corrected chi connectivity index (χ2v) is 7.25. The van der Waals surface area contributed by atoms with Gasteiger partial charge in [0.05, 0.1) is 22.2 Å². The van der Waals surface area contributed by atoms with E-state index in [1.807, 2.05) is 0 Å². The second-order valence-electron chi connectivity index (χ2n) is 6.85. The van der Waals surface area contributed by atoms with Crippen LogP contribution < -0.4 is 14.8 Å². The molecule has 162 valence electrons. The van der Waals surface area contributed by atoms with Crippen molar-refractivity contribution in [3.8, 4) is 11.5 Å². The summed E-state index contributed by atoms with van der Waals surface area (Å²) in [5.74, 6) is 0.798. The maximum Gasteiger partial charge on any atom is 0.271 e. The minimum absolute atomic E-state index is 0.160. The van der Waals surface area contributed by atoms with Crippen molar-refractivity contribution in [2.45, 2.75) is 45.4 Å². The number of ether oxygens (including phenoxy) is 2. The van der Waals surface area contributed by atoms with E-state index in [1.165, 1.54) is 50.3 Å². The molecule has 0 heterocycles. The van der Waals surface area contributed by atoms with Crippen molar-refractivity contribution in [1.29, 1.82) is 0 Å². The zero-order valence-electron chi connectivity index (χ0n) is 17.1. The van der Waals surface area contributed by atoms with Gasteiger partial charge in [-0.3, -0.25) is 14.9 Å². The highest BCUT2D eigenvalue weighted by molar-refractivity contribution is 6.33. The Morgan fingerprint density at radius 1 is 1.00 bits per heavy atom. The van der Waals surface area contributed by atoms with E-state index in [2.05, 4.69) is 12.2 Å². The number of non-ortho nitro benzene ring substituents is 1. The van der Waals surface area contributed by atoms with Crippen molar-refractivity contribution in [2.24, 2.45) is 0 Å². The van der Waals surface area contributed by atoms with E-state index in [1.54, 1.807) is 24.3 Å². The first-order chi connectivity index (χ1) is 14.5. The van der Waals surface area contributed by atoms with Gasteiger partial charge in [0.2, 0.25) is 0 Å². The number of anilines is 1. The van der Waals surface area contributed by atoms with E-state index in [0.29, 0.717) is 12.4 Å². The van der Waals surface area contributed by atoms with Gasteiger partial charge in [-0.1, -0.05) is 50.6 Å². The number of nitrogens with one attached hydrogen (secondary N) is 1. The van der Waals surface area contributed by atoms with Crippen molar-refractivity contribution in [3.63, 3.8) is 0 Å². The number of halogens is 1. The minimum atomic E-state index is -0.557. The predicted octanol–water partition coefficient (Wildman–Crippen LogP) is 6.01. The van der Waals surface area contributed by atoms with Gasteiger partial charge in [-0.05, 0) is 36.8 Å². The first-order valence-corrected chi connectivity index (χ1v) is 10.5. The number of rotatable bonds is 13. The lowest BCUT2D eigenvalue weighted by molar-refractivity contribution is -0.384.